The number of nitrogens with zero attached hydrogens (tertiary/aromatic N) is 1. The second-order valence-electron chi connectivity index (χ2n) is 5.07. The second-order valence-corrected chi connectivity index (χ2v) is 5.86. The van der Waals surface area contributed by atoms with Crippen molar-refractivity contribution in [2.75, 3.05) is 19.5 Å². The van der Waals surface area contributed by atoms with Crippen molar-refractivity contribution in [1.82, 2.24) is 15.6 Å². The van der Waals surface area contributed by atoms with Crippen molar-refractivity contribution in [2.24, 2.45) is 0 Å². The summed E-state index contributed by atoms with van der Waals surface area (Å²) in [5.41, 5.74) is 0.754. The molecule has 2 rings (SSSR count). The number of carbonyl (C=O) groups excluding carboxylic acids is 3. The topological polar surface area (TPSA) is 107 Å². The molecule has 8 nitrogen and oxygen atoms in total. The Morgan fingerprint density at radius 2 is 2.08 bits per heavy atom. The van der Waals surface area contributed by atoms with Gasteiger partial charge in [0.25, 0.3) is 0 Å². The van der Waals surface area contributed by atoms with E-state index in [0.717, 1.165) is 0 Å². The Hall–Kier alpha value is -2.55. The minimum atomic E-state index is -0.589. The molecule has 134 valence electrons. The second kappa shape index (κ2) is 8.52. The van der Waals surface area contributed by atoms with Crippen LogP contribution in [0.4, 0.5) is 4.79 Å². The fourth-order valence-corrected chi connectivity index (χ4v) is 2.86. The van der Waals surface area contributed by atoms with Gasteiger partial charge in [-0.3, -0.25) is 0 Å². The van der Waals surface area contributed by atoms with Crippen molar-refractivity contribution in [3.05, 3.63) is 35.2 Å². The number of rotatable bonds is 6. The lowest BCUT2D eigenvalue weighted by Crippen LogP contribution is -2.50. The van der Waals surface area contributed by atoms with Gasteiger partial charge in [0.15, 0.2) is 0 Å². The van der Waals surface area contributed by atoms with Gasteiger partial charge in [-0.15, -0.1) is 11.8 Å². The fourth-order valence-electron chi connectivity index (χ4n) is 2.32. The average Bonchev–Trinajstić information content (AvgIpc) is 2.59. The molecular formula is C16H19N3O5S. The van der Waals surface area contributed by atoms with E-state index in [1.54, 1.807) is 38.4 Å². The van der Waals surface area contributed by atoms with Gasteiger partial charge in [-0.25, -0.2) is 19.4 Å². The Kier molecular flexibility index (Phi) is 6.40. The standard InChI is InChI=1S/C16H19N3O5S/c1-4-23-15(21)12-9(2)18-16(22)19-11(12)8-24-14(20)10-6-5-7-17-13(10)25-3/h5-7,9H,4,8H2,1-3H3,(H2,18,19,22)/t9-/m0/s1. The molecule has 1 aliphatic heterocycles. The van der Waals surface area contributed by atoms with E-state index < -0.39 is 24.0 Å². The first-order chi connectivity index (χ1) is 12.0. The molecule has 1 aliphatic rings. The molecule has 9 heteroatoms. The molecular weight excluding hydrogens is 346 g/mol. The lowest BCUT2D eigenvalue weighted by Gasteiger charge is -2.26. The minimum absolute atomic E-state index is 0.197. The maximum absolute atomic E-state index is 12.3. The first-order valence-corrected chi connectivity index (χ1v) is 8.84. The summed E-state index contributed by atoms with van der Waals surface area (Å²) >= 11 is 1.32. The maximum atomic E-state index is 12.3. The van der Waals surface area contributed by atoms with Crippen molar-refractivity contribution >= 4 is 29.7 Å². The predicted octanol–water partition coefficient (Wildman–Crippen LogP) is 1.48. The van der Waals surface area contributed by atoms with Crippen LogP contribution in [-0.2, 0) is 14.3 Å². The molecule has 0 aliphatic carbocycles. The van der Waals surface area contributed by atoms with Gasteiger partial charge in [0.2, 0.25) is 0 Å². The Morgan fingerprint density at radius 1 is 1.32 bits per heavy atom. The number of nitrogens with one attached hydrogen (secondary N) is 2. The van der Waals surface area contributed by atoms with Gasteiger partial charge in [-0.2, -0.15) is 0 Å². The third kappa shape index (κ3) is 4.50. The van der Waals surface area contributed by atoms with Crippen molar-refractivity contribution in [3.63, 3.8) is 0 Å². The lowest BCUT2D eigenvalue weighted by atomic mass is 10.0. The molecule has 0 saturated heterocycles. The molecule has 1 atom stereocenters. The van der Waals surface area contributed by atoms with E-state index in [-0.39, 0.29) is 24.5 Å². The number of amides is 2. The Bertz CT molecular complexity index is 719. The van der Waals surface area contributed by atoms with Gasteiger partial charge in [-0.05, 0) is 32.2 Å². The van der Waals surface area contributed by atoms with Gasteiger partial charge >= 0.3 is 18.0 Å². The fraction of sp³-hybridized carbons (Fsp3) is 0.375. The summed E-state index contributed by atoms with van der Waals surface area (Å²) in [6, 6.07) is 2.21. The van der Waals surface area contributed by atoms with Gasteiger partial charge in [0, 0.05) is 6.20 Å². The number of pyridine rings is 1. The van der Waals surface area contributed by atoms with E-state index in [1.807, 2.05) is 0 Å². The van der Waals surface area contributed by atoms with E-state index in [0.29, 0.717) is 10.6 Å². The zero-order valence-corrected chi connectivity index (χ0v) is 14.9. The largest absolute Gasteiger partial charge is 0.463 e. The predicted molar refractivity (Wildman–Crippen MR) is 91.1 cm³/mol. The quantitative estimate of drug-likeness (QED) is 0.581. The van der Waals surface area contributed by atoms with Crippen molar-refractivity contribution in [1.29, 1.82) is 0 Å². The van der Waals surface area contributed by atoms with Crippen molar-refractivity contribution in [2.45, 2.75) is 24.9 Å². The summed E-state index contributed by atoms with van der Waals surface area (Å²) in [5.74, 6) is -1.16. The van der Waals surface area contributed by atoms with E-state index in [4.69, 9.17) is 9.47 Å². The number of hydrogen-bond acceptors (Lipinski definition) is 7. The van der Waals surface area contributed by atoms with Crippen LogP contribution in [-0.4, -0.2) is 48.5 Å². The molecule has 1 aromatic rings. The molecule has 0 radical (unpaired) electrons. The highest BCUT2D eigenvalue weighted by Crippen LogP contribution is 2.19. The van der Waals surface area contributed by atoms with Gasteiger partial charge in [0.1, 0.15) is 11.6 Å². The zero-order valence-electron chi connectivity index (χ0n) is 14.1. The lowest BCUT2D eigenvalue weighted by molar-refractivity contribution is -0.139. The first kappa shape index (κ1) is 18.8. The van der Waals surface area contributed by atoms with E-state index in [2.05, 4.69) is 15.6 Å². The summed E-state index contributed by atoms with van der Waals surface area (Å²) in [4.78, 5) is 40.2. The van der Waals surface area contributed by atoms with Gasteiger partial charge in [0.05, 0.1) is 29.5 Å². The van der Waals surface area contributed by atoms with Crippen LogP contribution in [0.2, 0.25) is 0 Å². The molecule has 25 heavy (non-hydrogen) atoms. The third-order valence-electron chi connectivity index (χ3n) is 3.40. The molecule has 2 N–H and O–H groups in total. The van der Waals surface area contributed by atoms with Crippen molar-refractivity contribution in [3.8, 4) is 0 Å². The average molecular weight is 365 g/mol. The van der Waals surface area contributed by atoms with E-state index in [9.17, 15) is 14.4 Å². The Balaban J connectivity index is 2.20. The molecule has 0 saturated carbocycles. The van der Waals surface area contributed by atoms with Crippen LogP contribution in [0.3, 0.4) is 0 Å². The molecule has 0 aromatic carbocycles. The third-order valence-corrected chi connectivity index (χ3v) is 4.11. The van der Waals surface area contributed by atoms with Crippen LogP contribution in [0, 0.1) is 0 Å². The molecule has 0 unspecified atom stereocenters. The maximum Gasteiger partial charge on any atom is 0.341 e. The SMILES string of the molecule is CCOC(=O)C1=C(COC(=O)c2cccnc2SC)NC(=O)N[C@H]1C. The number of urea groups is 1. The highest BCUT2D eigenvalue weighted by molar-refractivity contribution is 7.98. The van der Waals surface area contributed by atoms with Crippen LogP contribution >= 0.6 is 11.8 Å². The zero-order chi connectivity index (χ0) is 18.4. The molecule has 2 amide bonds. The Morgan fingerprint density at radius 3 is 2.76 bits per heavy atom. The number of esters is 2. The number of ether oxygens (including phenoxy) is 2. The van der Waals surface area contributed by atoms with Crippen LogP contribution in [0.1, 0.15) is 24.2 Å². The smallest absolute Gasteiger partial charge is 0.341 e. The molecule has 0 fully saturated rings. The number of thioether (sulfide) groups is 1. The monoisotopic (exact) mass is 365 g/mol. The summed E-state index contributed by atoms with van der Waals surface area (Å²) in [6.45, 7) is 3.28. The molecule has 2 heterocycles. The summed E-state index contributed by atoms with van der Waals surface area (Å²) in [7, 11) is 0. The van der Waals surface area contributed by atoms with Crippen LogP contribution in [0.15, 0.2) is 34.6 Å². The van der Waals surface area contributed by atoms with Gasteiger partial charge in [-0.1, -0.05) is 0 Å². The van der Waals surface area contributed by atoms with E-state index >= 15 is 0 Å². The van der Waals surface area contributed by atoms with Crippen LogP contribution in [0.5, 0.6) is 0 Å². The number of aromatic nitrogens is 1. The molecule has 0 bridgehead atoms. The first-order valence-electron chi connectivity index (χ1n) is 7.61. The minimum Gasteiger partial charge on any atom is -0.463 e. The summed E-state index contributed by atoms with van der Waals surface area (Å²) in [6.07, 6.45) is 3.38. The molecule has 1 aromatic heterocycles. The van der Waals surface area contributed by atoms with Crippen LogP contribution < -0.4 is 10.6 Å². The highest BCUT2D eigenvalue weighted by atomic mass is 32.2. The Labute approximate surface area is 149 Å². The van der Waals surface area contributed by atoms with Crippen molar-refractivity contribution < 1.29 is 23.9 Å². The summed E-state index contributed by atoms with van der Waals surface area (Å²) in [5, 5.41) is 5.61. The molecule has 0 spiro atoms. The van der Waals surface area contributed by atoms with Gasteiger partial charge < -0.3 is 20.1 Å². The van der Waals surface area contributed by atoms with Crippen LogP contribution in [0.25, 0.3) is 0 Å². The highest BCUT2D eigenvalue weighted by Gasteiger charge is 2.30. The normalized spacial score (nSPS) is 16.8. The van der Waals surface area contributed by atoms with E-state index in [1.165, 1.54) is 11.8 Å². The summed E-state index contributed by atoms with van der Waals surface area (Å²) < 4.78 is 10.3. The number of hydrogen-bond donors (Lipinski definition) is 2. The number of carbonyl (C=O) groups is 3.